The van der Waals surface area contributed by atoms with Crippen LogP contribution in [0, 0.1) is 0 Å². The van der Waals surface area contributed by atoms with Crippen LogP contribution in [0.15, 0.2) is 29.3 Å². The summed E-state index contributed by atoms with van der Waals surface area (Å²) in [7, 11) is 0. The fourth-order valence-electron chi connectivity index (χ4n) is 1.68. The standard InChI is InChI=1S/C12H12F3NO/c1-8-6-17-7-11(16-8)9-2-4-10(5-3-9)12(13,14)15/h2-5,8H,6-7H2,1H3. The average molecular weight is 243 g/mol. The van der Waals surface area contributed by atoms with Gasteiger partial charge in [0.15, 0.2) is 0 Å². The number of hydrogen-bond acceptors (Lipinski definition) is 2. The first-order chi connectivity index (χ1) is 7.97. The highest BCUT2D eigenvalue weighted by Crippen LogP contribution is 2.29. The Kier molecular flexibility index (Phi) is 3.19. The second-order valence-electron chi connectivity index (χ2n) is 4.02. The molecule has 1 unspecified atom stereocenters. The maximum absolute atomic E-state index is 12.4. The van der Waals surface area contributed by atoms with E-state index in [2.05, 4.69) is 4.99 Å². The third-order valence-electron chi connectivity index (χ3n) is 2.52. The van der Waals surface area contributed by atoms with Crippen molar-refractivity contribution in [3.05, 3.63) is 35.4 Å². The minimum atomic E-state index is -4.29. The Balaban J connectivity index is 2.24. The molecule has 0 saturated carbocycles. The number of hydrogen-bond donors (Lipinski definition) is 0. The van der Waals surface area contributed by atoms with Gasteiger partial charge in [0.2, 0.25) is 0 Å². The van der Waals surface area contributed by atoms with Gasteiger partial charge in [-0.2, -0.15) is 13.2 Å². The molecule has 5 heteroatoms. The third kappa shape index (κ3) is 2.85. The molecule has 1 aliphatic heterocycles. The summed E-state index contributed by atoms with van der Waals surface area (Å²) in [5.74, 6) is 0. The Labute approximate surface area is 97.1 Å². The normalized spacial score (nSPS) is 21.2. The van der Waals surface area contributed by atoms with Gasteiger partial charge in [0.1, 0.15) is 0 Å². The van der Waals surface area contributed by atoms with Crippen LogP contribution in [0.5, 0.6) is 0 Å². The molecule has 0 bridgehead atoms. The van der Waals surface area contributed by atoms with Gasteiger partial charge in [-0.3, -0.25) is 4.99 Å². The van der Waals surface area contributed by atoms with Crippen LogP contribution >= 0.6 is 0 Å². The maximum Gasteiger partial charge on any atom is 0.416 e. The number of rotatable bonds is 1. The van der Waals surface area contributed by atoms with Gasteiger partial charge in [-0.1, -0.05) is 12.1 Å². The van der Waals surface area contributed by atoms with Crippen molar-refractivity contribution in [1.82, 2.24) is 0 Å². The molecule has 2 rings (SSSR count). The van der Waals surface area contributed by atoms with Gasteiger partial charge in [0.05, 0.1) is 30.5 Å². The number of benzene rings is 1. The molecule has 2 nitrogen and oxygen atoms in total. The van der Waals surface area contributed by atoms with E-state index in [0.29, 0.717) is 24.5 Å². The van der Waals surface area contributed by atoms with Crippen molar-refractivity contribution in [2.24, 2.45) is 4.99 Å². The largest absolute Gasteiger partial charge is 0.416 e. The summed E-state index contributed by atoms with van der Waals surface area (Å²) in [6.07, 6.45) is -4.29. The molecule has 0 aromatic heterocycles. The van der Waals surface area contributed by atoms with Crippen LogP contribution in [-0.4, -0.2) is 25.0 Å². The average Bonchev–Trinajstić information content (AvgIpc) is 2.28. The van der Waals surface area contributed by atoms with Crippen molar-refractivity contribution in [2.45, 2.75) is 19.1 Å². The topological polar surface area (TPSA) is 21.6 Å². The van der Waals surface area contributed by atoms with Crippen LogP contribution in [0.1, 0.15) is 18.1 Å². The van der Waals surface area contributed by atoms with Gasteiger partial charge in [0.25, 0.3) is 0 Å². The van der Waals surface area contributed by atoms with Gasteiger partial charge < -0.3 is 4.74 Å². The van der Waals surface area contributed by atoms with E-state index in [0.717, 1.165) is 12.1 Å². The lowest BCUT2D eigenvalue weighted by molar-refractivity contribution is -0.137. The molecule has 1 aromatic rings. The van der Waals surface area contributed by atoms with Gasteiger partial charge in [-0.15, -0.1) is 0 Å². The summed E-state index contributed by atoms with van der Waals surface area (Å²) in [5.41, 5.74) is 0.744. The van der Waals surface area contributed by atoms with Gasteiger partial charge >= 0.3 is 6.18 Å². The Morgan fingerprint density at radius 2 is 1.88 bits per heavy atom. The minimum Gasteiger partial charge on any atom is -0.373 e. The quantitative estimate of drug-likeness (QED) is 0.743. The van der Waals surface area contributed by atoms with Crippen molar-refractivity contribution >= 4 is 5.71 Å². The molecule has 1 atom stereocenters. The molecule has 1 aliphatic rings. The van der Waals surface area contributed by atoms with E-state index < -0.39 is 11.7 Å². The third-order valence-corrected chi connectivity index (χ3v) is 2.52. The zero-order valence-corrected chi connectivity index (χ0v) is 9.29. The number of ether oxygens (including phenoxy) is 1. The summed E-state index contributed by atoms with van der Waals surface area (Å²) in [5, 5.41) is 0. The molecule has 0 amide bonds. The highest BCUT2D eigenvalue weighted by Gasteiger charge is 2.30. The lowest BCUT2D eigenvalue weighted by atomic mass is 10.1. The van der Waals surface area contributed by atoms with Crippen LogP contribution in [0.25, 0.3) is 0 Å². The molecule has 0 radical (unpaired) electrons. The Hall–Kier alpha value is -1.36. The minimum absolute atomic E-state index is 0.0565. The van der Waals surface area contributed by atoms with Crippen molar-refractivity contribution in [2.75, 3.05) is 13.2 Å². The van der Waals surface area contributed by atoms with Crippen molar-refractivity contribution in [3.8, 4) is 0 Å². The fraction of sp³-hybridized carbons (Fsp3) is 0.417. The van der Waals surface area contributed by atoms with Crippen molar-refractivity contribution in [1.29, 1.82) is 0 Å². The molecule has 1 heterocycles. The zero-order valence-electron chi connectivity index (χ0n) is 9.29. The summed E-state index contributed by atoms with van der Waals surface area (Å²) >= 11 is 0. The molecule has 0 aliphatic carbocycles. The van der Waals surface area contributed by atoms with E-state index in [4.69, 9.17) is 4.74 Å². The Morgan fingerprint density at radius 3 is 2.41 bits per heavy atom. The van der Waals surface area contributed by atoms with Gasteiger partial charge in [-0.05, 0) is 24.6 Å². The second kappa shape index (κ2) is 4.49. The predicted molar refractivity (Wildman–Crippen MR) is 58.3 cm³/mol. The number of aliphatic imine (C=N–C) groups is 1. The van der Waals surface area contributed by atoms with Crippen molar-refractivity contribution < 1.29 is 17.9 Å². The fourth-order valence-corrected chi connectivity index (χ4v) is 1.68. The molecule has 0 fully saturated rings. The second-order valence-corrected chi connectivity index (χ2v) is 4.02. The number of alkyl halides is 3. The van der Waals surface area contributed by atoms with E-state index in [1.165, 1.54) is 12.1 Å². The molecule has 0 saturated heterocycles. The lowest BCUT2D eigenvalue weighted by Crippen LogP contribution is -2.24. The summed E-state index contributed by atoms with van der Waals surface area (Å²) in [6.45, 7) is 2.82. The first-order valence-corrected chi connectivity index (χ1v) is 5.29. The van der Waals surface area contributed by atoms with Gasteiger partial charge in [-0.25, -0.2) is 0 Å². The zero-order chi connectivity index (χ0) is 12.5. The van der Waals surface area contributed by atoms with E-state index in [1.54, 1.807) is 0 Å². The molecule has 1 aromatic carbocycles. The summed E-state index contributed by atoms with van der Waals surface area (Å²) in [4.78, 5) is 4.35. The molecule has 0 N–H and O–H groups in total. The summed E-state index contributed by atoms with van der Waals surface area (Å²) in [6, 6.07) is 5.06. The van der Waals surface area contributed by atoms with Crippen LogP contribution in [0.4, 0.5) is 13.2 Å². The lowest BCUT2D eigenvalue weighted by Gasteiger charge is -2.18. The number of halogens is 3. The van der Waals surface area contributed by atoms with Gasteiger partial charge in [0, 0.05) is 0 Å². The molecular weight excluding hydrogens is 231 g/mol. The highest BCUT2D eigenvalue weighted by molar-refractivity contribution is 6.02. The van der Waals surface area contributed by atoms with Crippen molar-refractivity contribution in [3.63, 3.8) is 0 Å². The van der Waals surface area contributed by atoms with E-state index in [-0.39, 0.29) is 6.04 Å². The van der Waals surface area contributed by atoms with E-state index in [9.17, 15) is 13.2 Å². The van der Waals surface area contributed by atoms with E-state index >= 15 is 0 Å². The number of nitrogens with zero attached hydrogens (tertiary/aromatic N) is 1. The molecule has 17 heavy (non-hydrogen) atoms. The highest BCUT2D eigenvalue weighted by atomic mass is 19.4. The smallest absolute Gasteiger partial charge is 0.373 e. The SMILES string of the molecule is CC1COCC(c2ccc(C(F)(F)F)cc2)=N1. The Bertz CT molecular complexity index is 422. The van der Waals surface area contributed by atoms with Crippen LogP contribution in [-0.2, 0) is 10.9 Å². The monoisotopic (exact) mass is 243 g/mol. The molecule has 0 spiro atoms. The summed E-state index contributed by atoms with van der Waals surface area (Å²) < 4.78 is 42.4. The molecular formula is C12H12F3NO. The predicted octanol–water partition coefficient (Wildman–Crippen LogP) is 2.91. The van der Waals surface area contributed by atoms with Crippen LogP contribution in [0.2, 0.25) is 0 Å². The van der Waals surface area contributed by atoms with Crippen LogP contribution in [0.3, 0.4) is 0 Å². The first kappa shape index (κ1) is 12.1. The Morgan fingerprint density at radius 1 is 1.24 bits per heavy atom. The first-order valence-electron chi connectivity index (χ1n) is 5.29. The molecule has 92 valence electrons. The van der Waals surface area contributed by atoms with Crippen LogP contribution < -0.4 is 0 Å². The maximum atomic E-state index is 12.4. The van der Waals surface area contributed by atoms with E-state index in [1.807, 2.05) is 6.92 Å².